The van der Waals surface area contributed by atoms with Crippen LogP contribution in [-0.2, 0) is 11.0 Å². The molecule has 0 saturated carbocycles. The van der Waals surface area contributed by atoms with Gasteiger partial charge in [0.25, 0.3) is 0 Å². The van der Waals surface area contributed by atoms with Crippen LogP contribution >= 0.6 is 0 Å². The number of alkyl halides is 3. The van der Waals surface area contributed by atoms with E-state index in [9.17, 15) is 18.0 Å². The van der Waals surface area contributed by atoms with Gasteiger partial charge in [-0.3, -0.25) is 4.79 Å². The van der Waals surface area contributed by atoms with Crippen LogP contribution in [0.2, 0.25) is 0 Å². The summed E-state index contributed by atoms with van der Waals surface area (Å²) in [5, 5.41) is 10.4. The molecule has 0 saturated heterocycles. The number of anilines is 1. The van der Waals surface area contributed by atoms with Crippen molar-refractivity contribution >= 4 is 11.6 Å². The van der Waals surface area contributed by atoms with Gasteiger partial charge in [-0.25, -0.2) is 0 Å². The van der Waals surface area contributed by atoms with Crippen LogP contribution in [0.15, 0.2) is 24.3 Å². The van der Waals surface area contributed by atoms with E-state index in [0.29, 0.717) is 0 Å². The molecule has 0 unspecified atom stereocenters. The number of amides is 1. The summed E-state index contributed by atoms with van der Waals surface area (Å²) in [7, 11) is 0. The third kappa shape index (κ3) is 3.79. The monoisotopic (exact) mass is 242 g/mol. The van der Waals surface area contributed by atoms with E-state index in [0.717, 1.165) is 6.07 Å². The molecule has 90 valence electrons. The van der Waals surface area contributed by atoms with Crippen LogP contribution in [-0.4, -0.2) is 5.91 Å². The topological polar surface area (TPSA) is 52.9 Å². The van der Waals surface area contributed by atoms with Gasteiger partial charge in [-0.2, -0.15) is 18.4 Å². The minimum absolute atomic E-state index is 0.0278. The third-order valence-electron chi connectivity index (χ3n) is 1.97. The molecule has 1 amide bonds. The molecule has 17 heavy (non-hydrogen) atoms. The smallest absolute Gasteiger partial charge is 0.325 e. The van der Waals surface area contributed by atoms with Gasteiger partial charge in [-0.05, 0) is 12.1 Å². The minimum Gasteiger partial charge on any atom is -0.325 e. The summed E-state index contributed by atoms with van der Waals surface area (Å²) < 4.78 is 37.6. The average molecular weight is 242 g/mol. The molecule has 0 fully saturated rings. The molecule has 0 aliphatic rings. The van der Waals surface area contributed by atoms with E-state index in [2.05, 4.69) is 5.32 Å². The molecule has 0 bridgehead atoms. The number of para-hydroxylation sites is 1. The van der Waals surface area contributed by atoms with Gasteiger partial charge in [0.1, 0.15) is 0 Å². The number of benzene rings is 1. The predicted octanol–water partition coefficient (Wildman–Crippen LogP) is 2.95. The van der Waals surface area contributed by atoms with Crippen molar-refractivity contribution in [3.8, 4) is 6.07 Å². The molecule has 1 N–H and O–H groups in total. The molecule has 1 rings (SSSR count). The summed E-state index contributed by atoms with van der Waals surface area (Å²) in [6.45, 7) is 0. The number of nitrogens with zero attached hydrogens (tertiary/aromatic N) is 1. The molecule has 0 aromatic heterocycles. The molecular weight excluding hydrogens is 233 g/mol. The predicted molar refractivity (Wildman–Crippen MR) is 54.9 cm³/mol. The molecule has 0 heterocycles. The summed E-state index contributed by atoms with van der Waals surface area (Å²) in [6, 6.07) is 6.45. The van der Waals surface area contributed by atoms with Crippen LogP contribution in [0, 0.1) is 11.3 Å². The first-order valence-electron chi connectivity index (χ1n) is 4.78. The summed E-state index contributed by atoms with van der Waals surface area (Å²) in [6.07, 6.45) is -4.66. The van der Waals surface area contributed by atoms with Crippen LogP contribution in [0.1, 0.15) is 18.4 Å². The third-order valence-corrected chi connectivity index (χ3v) is 1.97. The van der Waals surface area contributed by atoms with E-state index in [1.807, 2.05) is 0 Å². The standard InChI is InChI=1S/C11H9F3N2O/c12-11(13,14)8-4-1-2-5-9(8)16-10(17)6-3-7-15/h1-2,4-5H,3,6H2,(H,16,17). The Kier molecular flexibility index (Phi) is 4.10. The maximum atomic E-state index is 12.5. The Balaban J connectivity index is 2.85. The largest absolute Gasteiger partial charge is 0.418 e. The Morgan fingerprint density at radius 3 is 2.59 bits per heavy atom. The zero-order valence-electron chi connectivity index (χ0n) is 8.71. The summed E-state index contributed by atoms with van der Waals surface area (Å²) in [4.78, 5) is 11.2. The number of hydrogen-bond donors (Lipinski definition) is 1. The second-order valence-electron chi connectivity index (χ2n) is 3.25. The van der Waals surface area contributed by atoms with Gasteiger partial charge in [0.15, 0.2) is 0 Å². The lowest BCUT2D eigenvalue weighted by atomic mass is 10.1. The van der Waals surface area contributed by atoms with Crippen LogP contribution in [0.5, 0.6) is 0 Å². The van der Waals surface area contributed by atoms with Crippen molar-refractivity contribution in [2.75, 3.05) is 5.32 Å². The number of rotatable bonds is 3. The first-order valence-corrected chi connectivity index (χ1v) is 4.78. The zero-order valence-corrected chi connectivity index (χ0v) is 8.71. The molecule has 1 aromatic carbocycles. The fraction of sp³-hybridized carbons (Fsp3) is 0.273. The van der Waals surface area contributed by atoms with E-state index in [4.69, 9.17) is 5.26 Å². The second-order valence-corrected chi connectivity index (χ2v) is 3.25. The summed E-state index contributed by atoms with van der Waals surface area (Å²) >= 11 is 0. The SMILES string of the molecule is N#CCCC(=O)Nc1ccccc1C(F)(F)F. The lowest BCUT2D eigenvalue weighted by Crippen LogP contribution is -2.16. The van der Waals surface area contributed by atoms with Crippen LogP contribution in [0.25, 0.3) is 0 Å². The Labute approximate surface area is 95.9 Å². The second kappa shape index (κ2) is 5.34. The van der Waals surface area contributed by atoms with E-state index in [-0.39, 0.29) is 18.5 Å². The van der Waals surface area contributed by atoms with Gasteiger partial charge in [0, 0.05) is 12.8 Å². The quantitative estimate of drug-likeness (QED) is 0.885. The Morgan fingerprint density at radius 1 is 1.35 bits per heavy atom. The fourth-order valence-electron chi connectivity index (χ4n) is 1.22. The molecule has 6 heteroatoms. The van der Waals surface area contributed by atoms with Gasteiger partial charge >= 0.3 is 6.18 Å². The molecule has 3 nitrogen and oxygen atoms in total. The van der Waals surface area contributed by atoms with Crippen molar-refractivity contribution in [3.63, 3.8) is 0 Å². The van der Waals surface area contributed by atoms with Crippen molar-refractivity contribution in [2.24, 2.45) is 0 Å². The fourth-order valence-corrected chi connectivity index (χ4v) is 1.22. The van der Waals surface area contributed by atoms with Crippen molar-refractivity contribution in [3.05, 3.63) is 29.8 Å². The minimum atomic E-state index is -4.51. The lowest BCUT2D eigenvalue weighted by Gasteiger charge is -2.12. The number of carbonyl (C=O) groups excluding carboxylic acids is 1. The Bertz CT molecular complexity index is 449. The highest BCUT2D eigenvalue weighted by Gasteiger charge is 2.33. The maximum absolute atomic E-state index is 12.5. The van der Waals surface area contributed by atoms with Crippen LogP contribution < -0.4 is 5.32 Å². The van der Waals surface area contributed by atoms with Gasteiger partial charge in [0.2, 0.25) is 5.91 Å². The molecule has 0 atom stereocenters. The van der Waals surface area contributed by atoms with Gasteiger partial charge in [-0.15, -0.1) is 0 Å². The van der Waals surface area contributed by atoms with E-state index < -0.39 is 17.6 Å². The van der Waals surface area contributed by atoms with Gasteiger partial charge in [-0.1, -0.05) is 12.1 Å². The van der Waals surface area contributed by atoms with Gasteiger partial charge in [0.05, 0.1) is 17.3 Å². The highest BCUT2D eigenvalue weighted by molar-refractivity contribution is 5.91. The number of nitriles is 1. The highest BCUT2D eigenvalue weighted by Crippen LogP contribution is 2.34. The molecule has 0 radical (unpaired) electrons. The first kappa shape index (κ1) is 13.0. The Morgan fingerprint density at radius 2 is 2.00 bits per heavy atom. The van der Waals surface area contributed by atoms with Crippen molar-refractivity contribution < 1.29 is 18.0 Å². The normalized spacial score (nSPS) is 10.7. The van der Waals surface area contributed by atoms with Crippen molar-refractivity contribution in [2.45, 2.75) is 19.0 Å². The number of hydrogen-bond acceptors (Lipinski definition) is 2. The first-order chi connectivity index (χ1) is 7.95. The summed E-state index contributed by atoms with van der Waals surface area (Å²) in [5.41, 5.74) is -1.19. The van der Waals surface area contributed by atoms with Gasteiger partial charge < -0.3 is 5.32 Å². The Hall–Kier alpha value is -2.03. The maximum Gasteiger partial charge on any atom is 0.418 e. The average Bonchev–Trinajstić information content (AvgIpc) is 2.25. The highest BCUT2D eigenvalue weighted by atomic mass is 19.4. The molecule has 0 aliphatic heterocycles. The van der Waals surface area contributed by atoms with Crippen LogP contribution in [0.4, 0.5) is 18.9 Å². The number of carbonyl (C=O) groups is 1. The summed E-state index contributed by atoms with van der Waals surface area (Å²) in [5.74, 6) is -0.608. The van der Waals surface area contributed by atoms with Crippen LogP contribution in [0.3, 0.4) is 0 Å². The number of nitrogens with one attached hydrogen (secondary N) is 1. The number of halogens is 3. The van der Waals surface area contributed by atoms with E-state index in [1.54, 1.807) is 6.07 Å². The molecule has 0 spiro atoms. The van der Waals surface area contributed by atoms with E-state index in [1.165, 1.54) is 18.2 Å². The molecular formula is C11H9F3N2O. The van der Waals surface area contributed by atoms with Crippen molar-refractivity contribution in [1.82, 2.24) is 0 Å². The lowest BCUT2D eigenvalue weighted by molar-refractivity contribution is -0.137. The zero-order chi connectivity index (χ0) is 12.9. The molecule has 0 aliphatic carbocycles. The van der Waals surface area contributed by atoms with E-state index >= 15 is 0 Å². The van der Waals surface area contributed by atoms with Crippen molar-refractivity contribution in [1.29, 1.82) is 5.26 Å². The molecule has 1 aromatic rings.